The number of ether oxygens (including phenoxy) is 1. The van der Waals surface area contributed by atoms with E-state index in [0.29, 0.717) is 31.0 Å². The van der Waals surface area contributed by atoms with Crippen LogP contribution in [0.15, 0.2) is 21.7 Å². The number of fused-ring (bicyclic) bond motifs is 2. The van der Waals surface area contributed by atoms with Crippen LogP contribution in [0.25, 0.3) is 22.6 Å². The highest BCUT2D eigenvalue weighted by Gasteiger charge is 2.21. The maximum atomic E-state index is 12.4. The van der Waals surface area contributed by atoms with Crippen molar-refractivity contribution in [1.82, 2.24) is 19.5 Å². The van der Waals surface area contributed by atoms with E-state index in [9.17, 15) is 14.4 Å². The van der Waals surface area contributed by atoms with Gasteiger partial charge < -0.3 is 14.4 Å². The minimum atomic E-state index is -0.789. The zero-order chi connectivity index (χ0) is 23.4. The van der Waals surface area contributed by atoms with Gasteiger partial charge in [-0.25, -0.2) is 9.78 Å². The van der Waals surface area contributed by atoms with Gasteiger partial charge in [0.25, 0.3) is 5.56 Å². The molecule has 1 aromatic carbocycles. The number of rotatable bonds is 10. The molecule has 1 aliphatic carbocycles. The van der Waals surface area contributed by atoms with E-state index in [1.165, 1.54) is 25.7 Å². The number of nitrogens with one attached hydrogen (secondary N) is 1. The molecule has 1 fully saturated rings. The summed E-state index contributed by atoms with van der Waals surface area (Å²) in [6.07, 6.45) is 8.06. The first kappa shape index (κ1) is 22.9. The zero-order valence-corrected chi connectivity index (χ0v) is 18.9. The van der Waals surface area contributed by atoms with Crippen LogP contribution in [-0.2, 0) is 11.3 Å². The summed E-state index contributed by atoms with van der Waals surface area (Å²) in [5.74, 6) is 0.823. The Morgan fingerprint density at radius 1 is 1.15 bits per heavy atom. The molecule has 4 rings (SSSR count). The summed E-state index contributed by atoms with van der Waals surface area (Å²) in [4.78, 5) is 45.9. The van der Waals surface area contributed by atoms with Gasteiger partial charge in [-0.3, -0.25) is 14.6 Å². The van der Waals surface area contributed by atoms with Gasteiger partial charge in [-0.2, -0.15) is 4.98 Å². The molecule has 0 spiro atoms. The molecule has 3 aliphatic rings. The fourth-order valence-corrected chi connectivity index (χ4v) is 4.59. The van der Waals surface area contributed by atoms with Crippen LogP contribution < -0.4 is 16.0 Å². The third kappa shape index (κ3) is 5.40. The van der Waals surface area contributed by atoms with E-state index in [1.54, 1.807) is 0 Å². The van der Waals surface area contributed by atoms with E-state index in [0.717, 1.165) is 36.1 Å². The number of benzene rings is 1. The first-order chi connectivity index (χ1) is 15.9. The van der Waals surface area contributed by atoms with Crippen LogP contribution in [0.5, 0.6) is 5.75 Å². The predicted octanol–water partition coefficient (Wildman–Crippen LogP) is 3.50. The minimum absolute atomic E-state index is 0.131. The van der Waals surface area contributed by atoms with E-state index in [4.69, 9.17) is 9.84 Å². The van der Waals surface area contributed by atoms with Gasteiger partial charge in [0.1, 0.15) is 5.75 Å². The molecule has 0 radical (unpaired) electrons. The molecule has 0 atom stereocenters. The molecule has 1 saturated carbocycles. The minimum Gasteiger partial charge on any atom is -0.493 e. The molecule has 0 saturated heterocycles. The molecule has 9 heteroatoms. The van der Waals surface area contributed by atoms with Crippen LogP contribution in [0.4, 0.5) is 0 Å². The average molecular weight is 455 g/mol. The van der Waals surface area contributed by atoms with Gasteiger partial charge in [-0.05, 0) is 50.2 Å². The van der Waals surface area contributed by atoms with Crippen LogP contribution in [-0.4, -0.2) is 37.2 Å². The molecule has 0 unspecified atom stereocenters. The van der Waals surface area contributed by atoms with E-state index in [-0.39, 0.29) is 17.9 Å². The average Bonchev–Trinajstić information content (AvgIpc) is 3.28. The molecule has 2 N–H and O–H groups in total. The molecule has 176 valence electrons. The summed E-state index contributed by atoms with van der Waals surface area (Å²) in [7, 11) is 0. The fraction of sp³-hybridized carbons (Fsp3) is 0.542. The van der Waals surface area contributed by atoms with Crippen LogP contribution in [0.2, 0.25) is 0 Å². The van der Waals surface area contributed by atoms with E-state index >= 15 is 0 Å². The van der Waals surface area contributed by atoms with Crippen molar-refractivity contribution < 1.29 is 14.6 Å². The highest BCUT2D eigenvalue weighted by Crippen LogP contribution is 2.30. The van der Waals surface area contributed by atoms with E-state index < -0.39 is 17.2 Å². The maximum absolute atomic E-state index is 12.4. The highest BCUT2D eigenvalue weighted by molar-refractivity contribution is 5.82. The summed E-state index contributed by atoms with van der Waals surface area (Å²) in [6.45, 7) is 3.18. The van der Waals surface area contributed by atoms with Gasteiger partial charge in [-0.1, -0.05) is 25.7 Å². The number of unbranched alkanes of at least 4 members (excludes halogenated alkanes) is 3. The Kier molecular flexibility index (Phi) is 7.05. The quantitative estimate of drug-likeness (QED) is 0.354. The number of aromatic amines is 1. The van der Waals surface area contributed by atoms with Gasteiger partial charge in [0.15, 0.2) is 11.5 Å². The highest BCUT2D eigenvalue weighted by atomic mass is 16.5. The normalized spacial score (nSPS) is 14.3. The zero-order valence-electron chi connectivity index (χ0n) is 18.9. The Morgan fingerprint density at radius 2 is 1.91 bits per heavy atom. The molecule has 2 aliphatic heterocycles. The second kappa shape index (κ2) is 10.1. The Hall–Kier alpha value is -3.23. The summed E-state index contributed by atoms with van der Waals surface area (Å²) in [5.41, 5.74) is 1.22. The first-order valence-electron chi connectivity index (χ1n) is 11.7. The molecule has 9 nitrogen and oxygen atoms in total. The SMILES string of the molecule is Cc1cc2nc3c(=O)[nH]c(=O)nc-3n(CCCCCCC(=O)O)c2cc1OCC1CCCC1. The van der Waals surface area contributed by atoms with Crippen molar-refractivity contribution in [3.63, 3.8) is 0 Å². The summed E-state index contributed by atoms with van der Waals surface area (Å²) < 4.78 is 8.05. The summed E-state index contributed by atoms with van der Waals surface area (Å²) in [5, 5.41) is 8.80. The first-order valence-corrected chi connectivity index (χ1v) is 11.7. The molecule has 2 heterocycles. The Morgan fingerprint density at radius 3 is 2.67 bits per heavy atom. The number of H-pyrrole nitrogens is 1. The standard InChI is InChI=1S/C24H30N4O5/c1-15-12-17-18(13-19(15)33-14-16-8-5-6-9-16)28(11-7-3-2-4-10-20(29)30)22-21(25-17)23(31)27-24(32)26-22/h12-13,16H,2-11,14H2,1H3,(H,29,30)(H,27,31,32). The lowest BCUT2D eigenvalue weighted by Gasteiger charge is -2.19. The van der Waals surface area contributed by atoms with Crippen LogP contribution >= 0.6 is 0 Å². The number of hydrogen-bond donors (Lipinski definition) is 2. The van der Waals surface area contributed by atoms with Crippen LogP contribution in [0.3, 0.4) is 0 Å². The summed E-state index contributed by atoms with van der Waals surface area (Å²) in [6, 6.07) is 3.84. The molecule has 33 heavy (non-hydrogen) atoms. The third-order valence-electron chi connectivity index (χ3n) is 6.38. The number of hydrogen-bond acceptors (Lipinski definition) is 6. The topological polar surface area (TPSA) is 127 Å². The monoisotopic (exact) mass is 454 g/mol. The molecule has 0 amide bonds. The lowest BCUT2D eigenvalue weighted by Crippen LogP contribution is -2.29. The van der Waals surface area contributed by atoms with E-state index in [2.05, 4.69) is 15.0 Å². The number of carboxylic acids is 1. The molecule has 1 aromatic rings. The van der Waals surface area contributed by atoms with Gasteiger partial charge in [0.2, 0.25) is 0 Å². The van der Waals surface area contributed by atoms with E-state index in [1.807, 2.05) is 23.6 Å². The second-order valence-corrected chi connectivity index (χ2v) is 8.93. The number of nitrogens with zero attached hydrogens (tertiary/aromatic N) is 3. The fourth-order valence-electron chi connectivity index (χ4n) is 4.59. The third-order valence-corrected chi connectivity index (χ3v) is 6.38. The number of aryl methyl sites for hydroxylation is 2. The number of carbonyl (C=O) groups is 1. The Labute approximate surface area is 191 Å². The lowest BCUT2D eigenvalue weighted by molar-refractivity contribution is -0.137. The number of carboxylic acid groups (broad SMARTS) is 1. The molecular formula is C24H30N4O5. The lowest BCUT2D eigenvalue weighted by atomic mass is 10.1. The van der Waals surface area contributed by atoms with Crippen molar-refractivity contribution in [2.24, 2.45) is 5.92 Å². The molecule has 0 bridgehead atoms. The van der Waals surface area contributed by atoms with Gasteiger partial charge in [-0.15, -0.1) is 0 Å². The molecule has 0 aromatic heterocycles. The van der Waals surface area contributed by atoms with Crippen molar-refractivity contribution in [1.29, 1.82) is 0 Å². The van der Waals surface area contributed by atoms with Crippen LogP contribution in [0.1, 0.15) is 63.4 Å². The maximum Gasteiger partial charge on any atom is 0.349 e. The Balaban J connectivity index is 1.66. The largest absolute Gasteiger partial charge is 0.493 e. The van der Waals surface area contributed by atoms with Gasteiger partial charge in [0.05, 0.1) is 17.6 Å². The number of aromatic nitrogens is 4. The van der Waals surface area contributed by atoms with Crippen molar-refractivity contribution in [2.75, 3.05) is 6.61 Å². The number of aliphatic carboxylic acids is 1. The Bertz CT molecular complexity index is 1230. The van der Waals surface area contributed by atoms with Crippen molar-refractivity contribution in [2.45, 2.75) is 71.3 Å². The second-order valence-electron chi connectivity index (χ2n) is 8.93. The van der Waals surface area contributed by atoms with Gasteiger partial charge >= 0.3 is 11.7 Å². The molecular weight excluding hydrogens is 424 g/mol. The summed E-state index contributed by atoms with van der Waals surface area (Å²) >= 11 is 0. The van der Waals surface area contributed by atoms with Crippen molar-refractivity contribution in [3.05, 3.63) is 38.5 Å². The van der Waals surface area contributed by atoms with Crippen molar-refractivity contribution >= 4 is 17.0 Å². The predicted molar refractivity (Wildman–Crippen MR) is 124 cm³/mol. The van der Waals surface area contributed by atoms with Crippen molar-refractivity contribution in [3.8, 4) is 17.3 Å². The smallest absolute Gasteiger partial charge is 0.349 e. The van der Waals surface area contributed by atoms with Gasteiger partial charge in [0, 0.05) is 19.0 Å². The van der Waals surface area contributed by atoms with Crippen LogP contribution in [0, 0.1) is 12.8 Å².